The van der Waals surface area contributed by atoms with Gasteiger partial charge in [0.15, 0.2) is 0 Å². The van der Waals surface area contributed by atoms with Crippen molar-refractivity contribution in [3.8, 4) is 5.75 Å². The van der Waals surface area contributed by atoms with Gasteiger partial charge >= 0.3 is 0 Å². The molecule has 1 aromatic carbocycles. The van der Waals surface area contributed by atoms with Crippen LogP contribution in [0.2, 0.25) is 0 Å². The molecule has 1 N–H and O–H groups in total. The van der Waals surface area contributed by atoms with Gasteiger partial charge in [0.05, 0.1) is 12.6 Å². The van der Waals surface area contributed by atoms with E-state index >= 15 is 0 Å². The number of ether oxygens (including phenoxy) is 1. The zero-order chi connectivity index (χ0) is 16.3. The molecule has 1 aromatic rings. The monoisotopic (exact) mass is 317 g/mol. The first-order chi connectivity index (χ1) is 11.7. The smallest absolute Gasteiger partial charge is 0.252 e. The molecular weight excluding hydrogens is 298 g/mol. The van der Waals surface area contributed by atoms with E-state index in [1.165, 1.54) is 22.3 Å². The first-order valence-corrected chi connectivity index (χ1v) is 8.54. The molecule has 4 aliphatic carbocycles. The number of carbonyl (C=O) groups is 1. The third-order valence-corrected chi connectivity index (χ3v) is 5.72. The van der Waals surface area contributed by atoms with Crippen LogP contribution >= 0.6 is 0 Å². The highest BCUT2D eigenvalue weighted by atomic mass is 16.5. The Morgan fingerprint density at radius 3 is 2.58 bits per heavy atom. The van der Waals surface area contributed by atoms with E-state index in [9.17, 15) is 4.79 Å². The lowest BCUT2D eigenvalue weighted by Gasteiger charge is -2.43. The van der Waals surface area contributed by atoms with Crippen LogP contribution in [0.1, 0.15) is 31.2 Å². The van der Waals surface area contributed by atoms with Crippen molar-refractivity contribution in [1.29, 1.82) is 0 Å². The van der Waals surface area contributed by atoms with Crippen LogP contribution in [0.3, 0.4) is 0 Å². The summed E-state index contributed by atoms with van der Waals surface area (Å²) in [7, 11) is 1.67. The zero-order valence-electron chi connectivity index (χ0n) is 13.7. The Morgan fingerprint density at radius 1 is 1.12 bits per heavy atom. The summed E-state index contributed by atoms with van der Waals surface area (Å²) in [5.41, 5.74) is 6.98. The van der Waals surface area contributed by atoms with Gasteiger partial charge in [0.2, 0.25) is 0 Å². The van der Waals surface area contributed by atoms with Gasteiger partial charge in [0.25, 0.3) is 5.91 Å². The van der Waals surface area contributed by atoms with E-state index in [1.54, 1.807) is 7.11 Å². The highest BCUT2D eigenvalue weighted by molar-refractivity contribution is 6.02. The third kappa shape index (κ3) is 1.87. The minimum atomic E-state index is -0.227. The number of nitrogens with one attached hydrogen (secondary N) is 1. The zero-order valence-corrected chi connectivity index (χ0v) is 13.7. The maximum absolute atomic E-state index is 12.9. The Labute approximate surface area is 141 Å². The minimum Gasteiger partial charge on any atom is -0.497 e. The van der Waals surface area contributed by atoms with Crippen molar-refractivity contribution in [3.05, 3.63) is 75.9 Å². The molecule has 0 saturated heterocycles. The Hall–Kier alpha value is -2.55. The van der Waals surface area contributed by atoms with Gasteiger partial charge < -0.3 is 10.1 Å². The van der Waals surface area contributed by atoms with Gasteiger partial charge in [-0.2, -0.15) is 0 Å². The summed E-state index contributed by atoms with van der Waals surface area (Å²) in [5, 5.41) is 3.33. The second kappa shape index (κ2) is 4.73. The lowest BCUT2D eigenvalue weighted by Crippen LogP contribution is -2.51. The normalized spacial score (nSPS) is 22.0. The summed E-state index contributed by atoms with van der Waals surface area (Å²) in [4.78, 5) is 12.9. The molecule has 0 radical (unpaired) electrons. The number of rotatable bonds is 4. The predicted octanol–water partition coefficient (Wildman–Crippen LogP) is 3.70. The SMILES string of the molecule is COc1ccc(C2(NC(=O)C3=C4C=C5CC5=C4C=C3)CCC2)cc1. The molecule has 4 aliphatic rings. The van der Waals surface area contributed by atoms with Crippen LogP contribution in [0.4, 0.5) is 0 Å². The highest BCUT2D eigenvalue weighted by Gasteiger charge is 2.42. The van der Waals surface area contributed by atoms with E-state index in [-0.39, 0.29) is 11.4 Å². The average Bonchev–Trinajstić information content (AvgIpc) is 3.05. The lowest BCUT2D eigenvalue weighted by molar-refractivity contribution is -0.120. The van der Waals surface area contributed by atoms with Crippen LogP contribution in [0, 0.1) is 0 Å². The number of allylic oxidation sites excluding steroid dienone is 6. The van der Waals surface area contributed by atoms with Gasteiger partial charge in [-0.3, -0.25) is 4.79 Å². The minimum absolute atomic E-state index is 0.0468. The maximum Gasteiger partial charge on any atom is 0.252 e. The van der Waals surface area contributed by atoms with Gasteiger partial charge in [-0.1, -0.05) is 18.2 Å². The number of hydrogen-bond acceptors (Lipinski definition) is 2. The Kier molecular flexibility index (Phi) is 2.73. The second-order valence-electron chi connectivity index (χ2n) is 7.02. The standard InChI is InChI=1S/C21H19NO2/c1-24-15-5-3-14(4-6-15)21(9-2-10-21)22-20(23)17-8-7-16-18-11-13(18)12-19(16)17/h3-8,12H,2,9-11H2,1H3,(H,22,23). The first-order valence-electron chi connectivity index (χ1n) is 8.54. The molecule has 5 rings (SSSR count). The molecule has 0 unspecified atom stereocenters. The fourth-order valence-corrected chi connectivity index (χ4v) is 4.05. The molecule has 0 bridgehead atoms. The Bertz CT molecular complexity index is 877. The van der Waals surface area contributed by atoms with Crippen molar-refractivity contribution >= 4 is 5.91 Å². The van der Waals surface area contributed by atoms with Crippen LogP contribution in [0.15, 0.2) is 70.4 Å². The number of hydrogen-bond donors (Lipinski definition) is 1. The highest BCUT2D eigenvalue weighted by Crippen LogP contribution is 2.51. The molecule has 3 heteroatoms. The van der Waals surface area contributed by atoms with Crippen molar-refractivity contribution < 1.29 is 9.53 Å². The van der Waals surface area contributed by atoms with Gasteiger partial charge in [0, 0.05) is 5.57 Å². The van der Waals surface area contributed by atoms with Crippen LogP contribution in [-0.2, 0) is 10.3 Å². The summed E-state index contributed by atoms with van der Waals surface area (Å²) < 4.78 is 5.24. The molecule has 0 heterocycles. The molecule has 0 atom stereocenters. The lowest BCUT2D eigenvalue weighted by atomic mass is 9.71. The van der Waals surface area contributed by atoms with Crippen LogP contribution < -0.4 is 10.1 Å². The van der Waals surface area contributed by atoms with Gasteiger partial charge in [0.1, 0.15) is 5.75 Å². The van der Waals surface area contributed by atoms with E-state index in [0.29, 0.717) is 0 Å². The Morgan fingerprint density at radius 2 is 1.92 bits per heavy atom. The van der Waals surface area contributed by atoms with Crippen molar-refractivity contribution in [2.45, 2.75) is 31.2 Å². The second-order valence-corrected chi connectivity index (χ2v) is 7.02. The largest absolute Gasteiger partial charge is 0.497 e. The topological polar surface area (TPSA) is 38.3 Å². The van der Waals surface area contributed by atoms with E-state index in [2.05, 4.69) is 29.6 Å². The molecule has 2 saturated carbocycles. The number of fused-ring (bicyclic) bond motifs is 2. The summed E-state index contributed by atoms with van der Waals surface area (Å²) >= 11 is 0. The average molecular weight is 317 g/mol. The molecule has 0 spiro atoms. The van der Waals surface area contributed by atoms with Crippen LogP contribution in [-0.4, -0.2) is 13.0 Å². The summed E-state index contributed by atoms with van der Waals surface area (Å²) in [6.07, 6.45) is 10.5. The molecule has 120 valence electrons. The van der Waals surface area contributed by atoms with Crippen molar-refractivity contribution in [2.24, 2.45) is 0 Å². The maximum atomic E-state index is 12.9. The molecule has 0 aliphatic heterocycles. The summed E-state index contributed by atoms with van der Waals surface area (Å²) in [5.74, 6) is 0.891. The number of amides is 1. The molecular formula is C21H19NO2. The van der Waals surface area contributed by atoms with E-state index in [4.69, 9.17) is 4.74 Å². The fourth-order valence-electron chi connectivity index (χ4n) is 4.05. The quantitative estimate of drug-likeness (QED) is 0.919. The predicted molar refractivity (Wildman–Crippen MR) is 92.6 cm³/mol. The number of methoxy groups -OCH3 is 1. The van der Waals surface area contributed by atoms with Crippen molar-refractivity contribution in [3.63, 3.8) is 0 Å². The van der Waals surface area contributed by atoms with Gasteiger partial charge in [-0.25, -0.2) is 0 Å². The molecule has 2 fully saturated rings. The molecule has 0 aromatic heterocycles. The number of carbonyl (C=O) groups excluding carboxylic acids is 1. The summed E-state index contributed by atoms with van der Waals surface area (Å²) in [6, 6.07) is 8.08. The molecule has 1 amide bonds. The van der Waals surface area contributed by atoms with Gasteiger partial charge in [-0.05, 0) is 77.8 Å². The van der Waals surface area contributed by atoms with Crippen LogP contribution in [0.25, 0.3) is 0 Å². The van der Waals surface area contributed by atoms with E-state index < -0.39 is 0 Å². The Balaban J connectivity index is 1.43. The van der Waals surface area contributed by atoms with Gasteiger partial charge in [-0.15, -0.1) is 0 Å². The van der Waals surface area contributed by atoms with E-state index in [0.717, 1.165) is 42.6 Å². The van der Waals surface area contributed by atoms with Crippen LogP contribution in [0.5, 0.6) is 5.75 Å². The van der Waals surface area contributed by atoms with E-state index in [1.807, 2.05) is 18.2 Å². The third-order valence-electron chi connectivity index (χ3n) is 5.72. The molecule has 24 heavy (non-hydrogen) atoms. The summed E-state index contributed by atoms with van der Waals surface area (Å²) in [6.45, 7) is 0. The number of benzene rings is 1. The molecule has 3 nitrogen and oxygen atoms in total. The van der Waals surface area contributed by atoms with Crippen molar-refractivity contribution in [2.75, 3.05) is 7.11 Å². The van der Waals surface area contributed by atoms with Crippen molar-refractivity contribution in [1.82, 2.24) is 5.32 Å². The fraction of sp³-hybridized carbons (Fsp3) is 0.286. The first kappa shape index (κ1) is 13.8.